The minimum Gasteiger partial charge on any atom is -0.299 e. The molecule has 13 heavy (non-hydrogen) atoms. The number of hydroxylamine groups is 1. The number of hydrogen-bond acceptors (Lipinski definition) is 4. The van der Waals surface area contributed by atoms with E-state index in [0.717, 1.165) is 13.2 Å². The molecule has 1 heterocycles. The zero-order valence-electron chi connectivity index (χ0n) is 6.68. The predicted octanol–water partition coefficient (Wildman–Crippen LogP) is 0.854. The third-order valence-corrected chi connectivity index (χ3v) is 3.27. The number of rotatable bonds is 2. The SMILES string of the molecule is CN(O)S(=O)(=O)c1cncc(Br)c1. The van der Waals surface area contributed by atoms with Crippen molar-refractivity contribution in [2.75, 3.05) is 7.05 Å². The molecule has 0 aliphatic heterocycles. The molecule has 1 aromatic rings. The second kappa shape index (κ2) is 3.70. The Labute approximate surface area is 84.2 Å². The lowest BCUT2D eigenvalue weighted by Crippen LogP contribution is -2.23. The predicted molar refractivity (Wildman–Crippen MR) is 48.7 cm³/mol. The number of nitrogens with zero attached hydrogens (tertiary/aromatic N) is 2. The van der Waals surface area contributed by atoms with Gasteiger partial charge >= 0.3 is 0 Å². The Kier molecular flexibility index (Phi) is 3.01. The second-order valence-corrected chi connectivity index (χ2v) is 5.14. The monoisotopic (exact) mass is 266 g/mol. The Hall–Kier alpha value is -0.500. The van der Waals surface area contributed by atoms with Crippen molar-refractivity contribution in [3.05, 3.63) is 22.9 Å². The minimum atomic E-state index is -3.80. The number of pyridine rings is 1. The summed E-state index contributed by atoms with van der Waals surface area (Å²) in [6, 6.07) is 1.36. The fourth-order valence-corrected chi connectivity index (χ4v) is 1.98. The topological polar surface area (TPSA) is 70.5 Å². The maximum absolute atomic E-state index is 11.3. The van der Waals surface area contributed by atoms with Gasteiger partial charge in [0.05, 0.1) is 0 Å². The van der Waals surface area contributed by atoms with Gasteiger partial charge in [0.15, 0.2) is 0 Å². The quantitative estimate of drug-likeness (QED) is 0.806. The summed E-state index contributed by atoms with van der Waals surface area (Å²) in [4.78, 5) is 3.61. The molecule has 0 amide bonds. The van der Waals surface area contributed by atoms with Crippen LogP contribution in [0.5, 0.6) is 0 Å². The van der Waals surface area contributed by atoms with Gasteiger partial charge in [-0.1, -0.05) is 4.47 Å². The van der Waals surface area contributed by atoms with Crippen molar-refractivity contribution in [3.8, 4) is 0 Å². The molecule has 0 fully saturated rings. The summed E-state index contributed by atoms with van der Waals surface area (Å²) in [6.45, 7) is 0. The first-order valence-electron chi connectivity index (χ1n) is 3.23. The summed E-state index contributed by atoms with van der Waals surface area (Å²) >= 11 is 3.08. The van der Waals surface area contributed by atoms with E-state index in [-0.39, 0.29) is 9.36 Å². The fourth-order valence-electron chi connectivity index (χ4n) is 0.686. The summed E-state index contributed by atoms with van der Waals surface area (Å²) in [7, 11) is -2.77. The van der Waals surface area contributed by atoms with Crippen molar-refractivity contribution in [2.45, 2.75) is 4.90 Å². The van der Waals surface area contributed by atoms with Crippen molar-refractivity contribution < 1.29 is 13.6 Å². The Morgan fingerprint density at radius 1 is 1.54 bits per heavy atom. The Morgan fingerprint density at radius 3 is 2.62 bits per heavy atom. The Bertz CT molecular complexity index is 404. The Balaban J connectivity index is 3.24. The van der Waals surface area contributed by atoms with Crippen LogP contribution in [0, 0.1) is 0 Å². The molecule has 0 saturated carbocycles. The minimum absolute atomic E-state index is 0.0631. The lowest BCUT2D eigenvalue weighted by Gasteiger charge is -2.08. The summed E-state index contributed by atoms with van der Waals surface area (Å²) < 4.78 is 23.3. The summed E-state index contributed by atoms with van der Waals surface area (Å²) in [6.07, 6.45) is 2.61. The molecule has 1 aromatic heterocycles. The largest absolute Gasteiger partial charge is 0.299 e. The molecule has 1 N–H and O–H groups in total. The first kappa shape index (κ1) is 10.6. The van der Waals surface area contributed by atoms with Crippen LogP contribution >= 0.6 is 15.9 Å². The van der Waals surface area contributed by atoms with Gasteiger partial charge in [0.25, 0.3) is 10.0 Å². The van der Waals surface area contributed by atoms with E-state index in [1.54, 1.807) is 0 Å². The third kappa shape index (κ3) is 2.25. The molecule has 7 heteroatoms. The zero-order chi connectivity index (χ0) is 10.1. The molecule has 0 spiro atoms. The Morgan fingerprint density at radius 2 is 2.15 bits per heavy atom. The van der Waals surface area contributed by atoms with E-state index in [2.05, 4.69) is 20.9 Å². The van der Waals surface area contributed by atoms with Crippen molar-refractivity contribution in [1.29, 1.82) is 0 Å². The van der Waals surface area contributed by atoms with Crippen LogP contribution in [-0.4, -0.2) is 30.1 Å². The molecule has 0 aromatic carbocycles. The summed E-state index contributed by atoms with van der Waals surface area (Å²) in [5.74, 6) is 0. The fraction of sp³-hybridized carbons (Fsp3) is 0.167. The molecule has 0 bridgehead atoms. The molecule has 5 nitrogen and oxygen atoms in total. The lowest BCUT2D eigenvalue weighted by molar-refractivity contribution is 0.0310. The molecule has 1 rings (SSSR count). The van der Waals surface area contributed by atoms with E-state index >= 15 is 0 Å². The van der Waals surface area contributed by atoms with E-state index in [1.807, 2.05) is 0 Å². The average Bonchev–Trinajstić information content (AvgIpc) is 2.04. The van der Waals surface area contributed by atoms with Crippen LogP contribution in [0.2, 0.25) is 0 Å². The van der Waals surface area contributed by atoms with Crippen LogP contribution in [0.25, 0.3) is 0 Å². The van der Waals surface area contributed by atoms with Crippen LogP contribution < -0.4 is 0 Å². The lowest BCUT2D eigenvalue weighted by atomic mass is 10.5. The van der Waals surface area contributed by atoms with Crippen molar-refractivity contribution >= 4 is 26.0 Å². The molecule has 0 saturated heterocycles. The van der Waals surface area contributed by atoms with E-state index in [9.17, 15) is 8.42 Å². The number of hydrogen-bond donors (Lipinski definition) is 1. The highest BCUT2D eigenvalue weighted by Crippen LogP contribution is 2.16. The van der Waals surface area contributed by atoms with Gasteiger partial charge < -0.3 is 0 Å². The molecule has 72 valence electrons. The average molecular weight is 267 g/mol. The van der Waals surface area contributed by atoms with Crippen molar-refractivity contribution in [2.24, 2.45) is 0 Å². The van der Waals surface area contributed by atoms with Gasteiger partial charge in [0.1, 0.15) is 4.90 Å². The summed E-state index contributed by atoms with van der Waals surface area (Å²) in [5.41, 5.74) is 0. The molecule has 0 unspecified atom stereocenters. The van der Waals surface area contributed by atoms with Crippen LogP contribution in [0.4, 0.5) is 0 Å². The van der Waals surface area contributed by atoms with Crippen molar-refractivity contribution in [1.82, 2.24) is 9.45 Å². The highest BCUT2D eigenvalue weighted by atomic mass is 79.9. The van der Waals surface area contributed by atoms with Crippen LogP contribution in [0.1, 0.15) is 0 Å². The molecule has 0 atom stereocenters. The number of aromatic nitrogens is 1. The highest BCUT2D eigenvalue weighted by Gasteiger charge is 2.19. The smallest absolute Gasteiger partial charge is 0.266 e. The van der Waals surface area contributed by atoms with E-state index < -0.39 is 10.0 Å². The molecular weight excluding hydrogens is 260 g/mol. The maximum Gasteiger partial charge on any atom is 0.266 e. The standard InChI is InChI=1S/C6H7BrN2O3S/c1-9(10)13(11,12)6-2-5(7)3-8-4-6/h2-4,10H,1H3. The van der Waals surface area contributed by atoms with Gasteiger partial charge in [-0.2, -0.15) is 0 Å². The highest BCUT2D eigenvalue weighted by molar-refractivity contribution is 9.10. The van der Waals surface area contributed by atoms with Gasteiger partial charge in [-0.3, -0.25) is 10.2 Å². The normalized spacial score (nSPS) is 12.0. The van der Waals surface area contributed by atoms with Crippen molar-refractivity contribution in [3.63, 3.8) is 0 Å². The third-order valence-electron chi connectivity index (χ3n) is 1.33. The number of halogens is 1. The first-order valence-corrected chi connectivity index (χ1v) is 5.46. The van der Waals surface area contributed by atoms with Crippen LogP contribution in [0.3, 0.4) is 0 Å². The maximum atomic E-state index is 11.3. The van der Waals surface area contributed by atoms with E-state index in [0.29, 0.717) is 4.47 Å². The van der Waals surface area contributed by atoms with E-state index in [4.69, 9.17) is 5.21 Å². The zero-order valence-corrected chi connectivity index (χ0v) is 9.08. The molecule has 0 radical (unpaired) electrons. The van der Waals surface area contributed by atoms with Crippen LogP contribution in [-0.2, 0) is 10.0 Å². The van der Waals surface area contributed by atoms with E-state index in [1.165, 1.54) is 12.3 Å². The van der Waals surface area contributed by atoms with Gasteiger partial charge in [-0.15, -0.1) is 0 Å². The number of sulfonamides is 1. The van der Waals surface area contributed by atoms with Gasteiger partial charge in [0, 0.05) is 23.9 Å². The van der Waals surface area contributed by atoms with Crippen LogP contribution in [0.15, 0.2) is 27.8 Å². The van der Waals surface area contributed by atoms with Gasteiger partial charge in [-0.05, 0) is 22.0 Å². The molecule has 0 aliphatic rings. The second-order valence-electron chi connectivity index (χ2n) is 2.28. The van der Waals surface area contributed by atoms with Gasteiger partial charge in [0.2, 0.25) is 0 Å². The first-order chi connectivity index (χ1) is 5.94. The summed E-state index contributed by atoms with van der Waals surface area (Å²) in [5, 5.41) is 8.83. The molecule has 0 aliphatic carbocycles. The van der Waals surface area contributed by atoms with Gasteiger partial charge in [-0.25, -0.2) is 8.42 Å². The molecular formula is C6H7BrN2O3S.